The molecule has 0 rings (SSSR count). The van der Waals surface area contributed by atoms with Gasteiger partial charge >= 0.3 is 0 Å². The first-order valence-corrected chi connectivity index (χ1v) is 4.61. The highest BCUT2D eigenvalue weighted by Gasteiger charge is 2.29. The van der Waals surface area contributed by atoms with E-state index in [0.717, 1.165) is 0 Å². The van der Waals surface area contributed by atoms with Crippen LogP contribution < -0.4 is 5.73 Å². The van der Waals surface area contributed by atoms with E-state index in [1.54, 1.807) is 0 Å². The highest BCUT2D eigenvalue weighted by Crippen LogP contribution is 2.23. The van der Waals surface area contributed by atoms with Gasteiger partial charge in [0.1, 0.15) is 5.78 Å². The molecule has 1 amide bonds. The zero-order valence-electron chi connectivity index (χ0n) is 8.89. The fourth-order valence-electron chi connectivity index (χ4n) is 1.28. The lowest BCUT2D eigenvalue weighted by atomic mass is 9.80. The van der Waals surface area contributed by atoms with Crippen LogP contribution in [0, 0.1) is 11.3 Å². The second kappa shape index (κ2) is 4.40. The number of carbonyl (C=O) groups is 2. The summed E-state index contributed by atoms with van der Waals surface area (Å²) in [4.78, 5) is 22.4. The molecule has 13 heavy (non-hydrogen) atoms. The van der Waals surface area contributed by atoms with Gasteiger partial charge in [-0.3, -0.25) is 9.59 Å². The molecule has 0 aliphatic carbocycles. The third-order valence-electron chi connectivity index (χ3n) is 2.05. The maximum Gasteiger partial charge on any atom is 0.218 e. The second-order valence-electron chi connectivity index (χ2n) is 4.39. The normalized spacial score (nSPS) is 13.8. The highest BCUT2D eigenvalue weighted by molar-refractivity contribution is 5.89. The fraction of sp³-hybridized carbons (Fsp3) is 0.800. The van der Waals surface area contributed by atoms with Gasteiger partial charge < -0.3 is 5.73 Å². The predicted molar refractivity (Wildman–Crippen MR) is 52.1 cm³/mol. The summed E-state index contributed by atoms with van der Waals surface area (Å²) in [5.41, 5.74) is 4.68. The fourth-order valence-corrected chi connectivity index (χ4v) is 1.28. The molecule has 0 radical (unpaired) electrons. The van der Waals surface area contributed by atoms with Gasteiger partial charge in [-0.05, 0) is 6.42 Å². The molecule has 1 unspecified atom stereocenters. The minimum absolute atomic E-state index is 0.119. The third-order valence-corrected chi connectivity index (χ3v) is 2.05. The van der Waals surface area contributed by atoms with Crippen molar-refractivity contribution >= 4 is 11.7 Å². The van der Waals surface area contributed by atoms with Crippen molar-refractivity contribution in [3.05, 3.63) is 0 Å². The van der Waals surface area contributed by atoms with Gasteiger partial charge in [-0.1, -0.05) is 27.7 Å². The summed E-state index contributed by atoms with van der Waals surface area (Å²) in [5.74, 6) is -0.490. The van der Waals surface area contributed by atoms with Gasteiger partial charge in [0.25, 0.3) is 0 Å². The third kappa shape index (κ3) is 4.06. The molecule has 0 aromatic carbocycles. The molecule has 0 saturated heterocycles. The number of Topliss-reactive ketones (excluding diaryl/α,β-unsaturated/α-hetero) is 1. The molecule has 1 atom stereocenters. The molecule has 0 saturated carbocycles. The Morgan fingerprint density at radius 2 is 1.77 bits per heavy atom. The van der Waals surface area contributed by atoms with Crippen molar-refractivity contribution in [1.29, 1.82) is 0 Å². The first-order valence-electron chi connectivity index (χ1n) is 4.61. The molecule has 0 fully saturated rings. The van der Waals surface area contributed by atoms with E-state index in [2.05, 4.69) is 0 Å². The van der Waals surface area contributed by atoms with Gasteiger partial charge in [0, 0.05) is 17.8 Å². The van der Waals surface area contributed by atoms with Crippen LogP contribution in [-0.2, 0) is 9.59 Å². The molecule has 0 bridgehead atoms. The topological polar surface area (TPSA) is 60.2 Å². The molecule has 0 aromatic rings. The highest BCUT2D eigenvalue weighted by atomic mass is 16.1. The van der Waals surface area contributed by atoms with Gasteiger partial charge in [0.2, 0.25) is 5.91 Å². The summed E-state index contributed by atoms with van der Waals surface area (Å²) in [7, 11) is 0. The quantitative estimate of drug-likeness (QED) is 0.721. The Balaban J connectivity index is 4.41. The molecular formula is C10H19NO2. The number of amides is 1. The Labute approximate surface area is 79.7 Å². The maximum absolute atomic E-state index is 11.7. The zero-order valence-corrected chi connectivity index (χ0v) is 8.89. The van der Waals surface area contributed by atoms with Crippen molar-refractivity contribution in [2.24, 2.45) is 17.1 Å². The van der Waals surface area contributed by atoms with Crippen molar-refractivity contribution in [2.75, 3.05) is 0 Å². The molecule has 0 heterocycles. The van der Waals surface area contributed by atoms with Crippen LogP contribution in [0.2, 0.25) is 0 Å². The lowest BCUT2D eigenvalue weighted by Crippen LogP contribution is -2.31. The van der Waals surface area contributed by atoms with Crippen LogP contribution in [0.5, 0.6) is 0 Å². The minimum atomic E-state index is -0.399. The second-order valence-corrected chi connectivity index (χ2v) is 4.39. The Morgan fingerprint density at radius 3 is 2.00 bits per heavy atom. The van der Waals surface area contributed by atoms with Crippen molar-refractivity contribution in [1.82, 2.24) is 0 Å². The molecule has 0 aromatic heterocycles. The summed E-state index contributed by atoms with van der Waals surface area (Å²) >= 11 is 0. The maximum atomic E-state index is 11.7. The van der Waals surface area contributed by atoms with Crippen LogP contribution in [0.4, 0.5) is 0 Å². The van der Waals surface area contributed by atoms with Gasteiger partial charge in [-0.2, -0.15) is 0 Å². The molecule has 3 heteroatoms. The van der Waals surface area contributed by atoms with E-state index < -0.39 is 5.91 Å². The summed E-state index contributed by atoms with van der Waals surface area (Å²) in [6, 6.07) is 0. The van der Waals surface area contributed by atoms with Crippen molar-refractivity contribution < 1.29 is 9.59 Å². The van der Waals surface area contributed by atoms with E-state index in [9.17, 15) is 9.59 Å². The van der Waals surface area contributed by atoms with Crippen LogP contribution in [0.15, 0.2) is 0 Å². The zero-order chi connectivity index (χ0) is 10.6. The molecule has 0 spiro atoms. The Bertz CT molecular complexity index is 203. The Hall–Kier alpha value is -0.860. The van der Waals surface area contributed by atoms with Gasteiger partial charge in [-0.15, -0.1) is 0 Å². The number of nitrogens with two attached hydrogens (primary N) is 1. The van der Waals surface area contributed by atoms with Crippen molar-refractivity contribution in [3.8, 4) is 0 Å². The SMILES string of the molecule is CCC(CC(N)=O)C(=O)C(C)(C)C. The number of ketones is 1. The Kier molecular flexibility index (Phi) is 4.11. The molecule has 0 aliphatic rings. The van der Waals surface area contributed by atoms with Crippen LogP contribution in [0.25, 0.3) is 0 Å². The summed E-state index contributed by atoms with van der Waals surface area (Å²) in [6.45, 7) is 7.48. The van der Waals surface area contributed by atoms with Crippen LogP contribution in [-0.4, -0.2) is 11.7 Å². The van der Waals surface area contributed by atoms with Gasteiger partial charge in [0.15, 0.2) is 0 Å². The predicted octanol–water partition coefficient (Wildman–Crippen LogP) is 1.50. The molecule has 2 N–H and O–H groups in total. The first kappa shape index (κ1) is 12.1. The minimum Gasteiger partial charge on any atom is -0.370 e. The van der Waals surface area contributed by atoms with Crippen molar-refractivity contribution in [3.63, 3.8) is 0 Å². The van der Waals surface area contributed by atoms with Gasteiger partial charge in [0.05, 0.1) is 0 Å². The molecule has 0 aliphatic heterocycles. The molecule has 76 valence electrons. The van der Waals surface area contributed by atoms with E-state index in [-0.39, 0.29) is 23.5 Å². The van der Waals surface area contributed by atoms with Crippen molar-refractivity contribution in [2.45, 2.75) is 40.5 Å². The van der Waals surface area contributed by atoms with Crippen LogP contribution in [0.3, 0.4) is 0 Å². The number of carbonyl (C=O) groups excluding carboxylic acids is 2. The van der Waals surface area contributed by atoms with E-state index in [1.165, 1.54) is 0 Å². The van der Waals surface area contributed by atoms with E-state index in [0.29, 0.717) is 6.42 Å². The molecular weight excluding hydrogens is 166 g/mol. The average Bonchev–Trinajstić information content (AvgIpc) is 1.96. The van der Waals surface area contributed by atoms with E-state index in [4.69, 9.17) is 5.73 Å². The van der Waals surface area contributed by atoms with Crippen LogP contribution >= 0.6 is 0 Å². The summed E-state index contributed by atoms with van der Waals surface area (Å²) < 4.78 is 0. The van der Waals surface area contributed by atoms with Gasteiger partial charge in [-0.25, -0.2) is 0 Å². The lowest BCUT2D eigenvalue weighted by Gasteiger charge is -2.22. The average molecular weight is 185 g/mol. The number of hydrogen-bond acceptors (Lipinski definition) is 2. The summed E-state index contributed by atoms with van der Waals surface area (Å²) in [5, 5.41) is 0. The molecule has 3 nitrogen and oxygen atoms in total. The lowest BCUT2D eigenvalue weighted by molar-refractivity contribution is -0.133. The van der Waals surface area contributed by atoms with E-state index >= 15 is 0 Å². The summed E-state index contributed by atoms with van der Waals surface area (Å²) in [6.07, 6.45) is 0.853. The van der Waals surface area contributed by atoms with E-state index in [1.807, 2.05) is 27.7 Å². The largest absolute Gasteiger partial charge is 0.370 e. The number of primary amides is 1. The standard InChI is InChI=1S/C10H19NO2/c1-5-7(6-8(11)12)9(13)10(2,3)4/h7H,5-6H2,1-4H3,(H2,11,12). The number of hydrogen-bond donors (Lipinski definition) is 1. The Morgan fingerprint density at radius 1 is 1.31 bits per heavy atom. The monoisotopic (exact) mass is 185 g/mol. The van der Waals surface area contributed by atoms with Crippen LogP contribution in [0.1, 0.15) is 40.5 Å². The number of rotatable bonds is 4. The first-order chi connectivity index (χ1) is 5.79. The smallest absolute Gasteiger partial charge is 0.218 e.